The minimum Gasteiger partial charge on any atom is -0.293 e. The number of hydrogen-bond acceptors (Lipinski definition) is 3. The fourth-order valence-electron chi connectivity index (χ4n) is 2.47. The normalized spacial score (nSPS) is 16.4. The first-order chi connectivity index (χ1) is 11.2. The van der Waals surface area contributed by atoms with Gasteiger partial charge in [0.25, 0.3) is 5.91 Å². The summed E-state index contributed by atoms with van der Waals surface area (Å²) in [7, 11) is 0. The molecule has 1 saturated heterocycles. The first-order valence-corrected chi connectivity index (χ1v) is 8.82. The van der Waals surface area contributed by atoms with Crippen LogP contribution in [0.25, 0.3) is 17.2 Å². The highest BCUT2D eigenvalue weighted by atomic mass is 32.2. The molecule has 0 spiro atoms. The predicted molar refractivity (Wildman–Crippen MR) is 102 cm³/mol. The number of nitrogens with zero attached hydrogens (tertiary/aromatic N) is 1. The van der Waals surface area contributed by atoms with Crippen molar-refractivity contribution in [3.05, 3.63) is 65.1 Å². The molecule has 0 radical (unpaired) electrons. The summed E-state index contributed by atoms with van der Waals surface area (Å²) in [4.78, 5) is 14.7. The number of thiocarbonyl (C=S) groups is 1. The molecule has 0 aromatic heterocycles. The lowest BCUT2D eigenvalue weighted by molar-refractivity contribution is -0.122. The van der Waals surface area contributed by atoms with Crippen molar-refractivity contribution < 1.29 is 4.79 Å². The molecule has 2 aromatic rings. The average Bonchev–Trinajstić information content (AvgIpc) is 2.84. The van der Waals surface area contributed by atoms with E-state index in [4.69, 9.17) is 12.2 Å². The molecule has 2 nitrogen and oxygen atoms in total. The Hall–Kier alpha value is -1.91. The van der Waals surface area contributed by atoms with Crippen molar-refractivity contribution in [2.45, 2.75) is 13.3 Å². The second kappa shape index (κ2) is 7.11. The number of carbonyl (C=O) groups is 1. The van der Waals surface area contributed by atoms with Crippen LogP contribution in [-0.4, -0.2) is 21.7 Å². The van der Waals surface area contributed by atoms with Gasteiger partial charge < -0.3 is 0 Å². The Kier molecular flexibility index (Phi) is 4.94. The molecule has 0 atom stereocenters. The molecule has 2 aromatic carbocycles. The Morgan fingerprint density at radius 1 is 1.04 bits per heavy atom. The largest absolute Gasteiger partial charge is 0.293 e. The summed E-state index contributed by atoms with van der Waals surface area (Å²) < 4.78 is 0.656. The van der Waals surface area contributed by atoms with Gasteiger partial charge in [0.05, 0.1) is 4.91 Å². The number of thioether (sulfide) groups is 1. The van der Waals surface area contributed by atoms with Gasteiger partial charge in [-0.05, 0) is 29.2 Å². The van der Waals surface area contributed by atoms with Gasteiger partial charge in [0.15, 0.2) is 0 Å². The summed E-state index contributed by atoms with van der Waals surface area (Å²) in [5.74, 6) is 0.0222. The Labute approximate surface area is 146 Å². The number of amides is 1. The van der Waals surface area contributed by atoms with Gasteiger partial charge in [0, 0.05) is 6.54 Å². The molecule has 1 amide bonds. The molecule has 3 rings (SSSR count). The molecule has 0 unspecified atom stereocenters. The van der Waals surface area contributed by atoms with Gasteiger partial charge in [-0.1, -0.05) is 85.5 Å². The molecule has 116 valence electrons. The second-order valence-electron chi connectivity index (χ2n) is 5.32. The van der Waals surface area contributed by atoms with Gasteiger partial charge in [-0.3, -0.25) is 9.69 Å². The monoisotopic (exact) mass is 339 g/mol. The zero-order valence-corrected chi connectivity index (χ0v) is 14.5. The van der Waals surface area contributed by atoms with Crippen LogP contribution in [-0.2, 0) is 4.79 Å². The van der Waals surface area contributed by atoms with E-state index in [9.17, 15) is 4.79 Å². The number of rotatable bonds is 4. The van der Waals surface area contributed by atoms with Gasteiger partial charge in [-0.25, -0.2) is 0 Å². The van der Waals surface area contributed by atoms with E-state index in [0.717, 1.165) is 12.0 Å². The quantitative estimate of drug-likeness (QED) is 0.580. The van der Waals surface area contributed by atoms with Crippen LogP contribution in [0.1, 0.15) is 18.9 Å². The first kappa shape index (κ1) is 16.0. The van der Waals surface area contributed by atoms with Gasteiger partial charge in [0.1, 0.15) is 4.32 Å². The van der Waals surface area contributed by atoms with Crippen LogP contribution >= 0.6 is 24.0 Å². The molecule has 23 heavy (non-hydrogen) atoms. The minimum atomic E-state index is 0.0222. The smallest absolute Gasteiger partial charge is 0.266 e. The van der Waals surface area contributed by atoms with E-state index in [-0.39, 0.29) is 5.91 Å². The molecule has 1 heterocycles. The molecule has 0 saturated carbocycles. The highest BCUT2D eigenvalue weighted by Gasteiger charge is 2.30. The minimum absolute atomic E-state index is 0.0222. The molecular formula is C19H17NOS2. The van der Waals surface area contributed by atoms with Crippen molar-refractivity contribution in [2.24, 2.45) is 0 Å². The lowest BCUT2D eigenvalue weighted by atomic mass is 10.0. The highest BCUT2D eigenvalue weighted by Crippen LogP contribution is 2.32. The van der Waals surface area contributed by atoms with Crippen LogP contribution in [0.3, 0.4) is 0 Å². The lowest BCUT2D eigenvalue weighted by Crippen LogP contribution is -2.28. The van der Waals surface area contributed by atoms with Crippen molar-refractivity contribution >= 4 is 40.3 Å². The third-order valence-corrected chi connectivity index (χ3v) is 5.01. The van der Waals surface area contributed by atoms with Gasteiger partial charge in [-0.2, -0.15) is 0 Å². The average molecular weight is 339 g/mol. The zero-order valence-electron chi connectivity index (χ0n) is 12.9. The summed E-state index contributed by atoms with van der Waals surface area (Å²) in [6.45, 7) is 2.74. The summed E-state index contributed by atoms with van der Waals surface area (Å²) in [5.41, 5.74) is 3.37. The van der Waals surface area contributed by atoms with Crippen molar-refractivity contribution in [1.29, 1.82) is 0 Å². The number of carbonyl (C=O) groups excluding carboxylic acids is 1. The summed E-state index contributed by atoms with van der Waals surface area (Å²) in [6.07, 6.45) is 2.83. The maximum absolute atomic E-state index is 12.3. The summed E-state index contributed by atoms with van der Waals surface area (Å²) in [6, 6.07) is 18.5. The summed E-state index contributed by atoms with van der Waals surface area (Å²) >= 11 is 6.67. The van der Waals surface area contributed by atoms with Crippen molar-refractivity contribution in [2.75, 3.05) is 6.54 Å². The standard InChI is InChI=1S/C19H17NOS2/c1-2-12-20-18(21)17(23-19(20)22)13-14-8-10-16(11-9-14)15-6-4-3-5-7-15/h3-11,13H,2,12H2,1H3/b17-13-. The third kappa shape index (κ3) is 3.54. The Bertz CT molecular complexity index is 751. The second-order valence-corrected chi connectivity index (χ2v) is 7.00. The fraction of sp³-hybridized carbons (Fsp3) is 0.158. The Morgan fingerprint density at radius 2 is 1.70 bits per heavy atom. The van der Waals surface area contributed by atoms with Gasteiger partial charge in [-0.15, -0.1) is 0 Å². The highest BCUT2D eigenvalue weighted by molar-refractivity contribution is 8.26. The molecule has 4 heteroatoms. The van der Waals surface area contributed by atoms with Crippen molar-refractivity contribution in [3.63, 3.8) is 0 Å². The molecule has 0 bridgehead atoms. The molecular weight excluding hydrogens is 322 g/mol. The van der Waals surface area contributed by atoms with E-state index < -0.39 is 0 Å². The van der Waals surface area contributed by atoms with E-state index in [2.05, 4.69) is 24.3 Å². The van der Waals surface area contributed by atoms with Crippen LogP contribution in [0.15, 0.2) is 59.5 Å². The Morgan fingerprint density at radius 3 is 2.35 bits per heavy atom. The van der Waals surface area contributed by atoms with E-state index in [1.54, 1.807) is 4.90 Å². The van der Waals surface area contributed by atoms with Crippen molar-refractivity contribution in [3.8, 4) is 11.1 Å². The topological polar surface area (TPSA) is 20.3 Å². The molecule has 1 aliphatic rings. The van der Waals surface area contributed by atoms with Crippen LogP contribution in [0.5, 0.6) is 0 Å². The molecule has 1 aliphatic heterocycles. The first-order valence-electron chi connectivity index (χ1n) is 7.60. The number of hydrogen-bond donors (Lipinski definition) is 0. The fourth-order valence-corrected chi connectivity index (χ4v) is 3.78. The maximum Gasteiger partial charge on any atom is 0.266 e. The Balaban J connectivity index is 1.81. The number of benzene rings is 2. The molecule has 0 aliphatic carbocycles. The van der Waals surface area contributed by atoms with Crippen LogP contribution in [0.2, 0.25) is 0 Å². The lowest BCUT2D eigenvalue weighted by Gasteiger charge is -2.11. The van der Waals surface area contributed by atoms with Gasteiger partial charge in [0.2, 0.25) is 0 Å². The molecule has 1 fully saturated rings. The van der Waals surface area contributed by atoms with Gasteiger partial charge >= 0.3 is 0 Å². The van der Waals surface area contributed by atoms with E-state index in [1.165, 1.54) is 22.9 Å². The predicted octanol–water partition coefficient (Wildman–Crippen LogP) is 4.96. The molecule has 0 N–H and O–H groups in total. The van der Waals surface area contributed by atoms with E-state index in [1.807, 2.05) is 43.3 Å². The van der Waals surface area contributed by atoms with E-state index in [0.29, 0.717) is 15.8 Å². The third-order valence-electron chi connectivity index (χ3n) is 3.64. The SMILES string of the molecule is CCCN1C(=O)/C(=C/c2ccc(-c3ccccc3)cc2)SC1=S. The summed E-state index contributed by atoms with van der Waals surface area (Å²) in [5, 5.41) is 0. The van der Waals surface area contributed by atoms with Crippen molar-refractivity contribution in [1.82, 2.24) is 4.90 Å². The maximum atomic E-state index is 12.3. The van der Waals surface area contributed by atoms with Crippen LogP contribution < -0.4 is 0 Å². The van der Waals surface area contributed by atoms with Crippen LogP contribution in [0, 0.1) is 0 Å². The zero-order chi connectivity index (χ0) is 16.2. The van der Waals surface area contributed by atoms with Crippen LogP contribution in [0.4, 0.5) is 0 Å². The van der Waals surface area contributed by atoms with E-state index >= 15 is 0 Å².